The van der Waals surface area contributed by atoms with E-state index < -0.39 is 10.9 Å². The highest BCUT2D eigenvalue weighted by molar-refractivity contribution is 5.98. The smallest absolute Gasteiger partial charge is 0.347 e. The van der Waals surface area contributed by atoms with Crippen molar-refractivity contribution in [2.45, 2.75) is 0 Å². The number of benzene rings is 2. The molecule has 0 aliphatic carbocycles. The summed E-state index contributed by atoms with van der Waals surface area (Å²) in [5.41, 5.74) is -0.0580. The maximum atomic E-state index is 12.7. The van der Waals surface area contributed by atoms with Gasteiger partial charge < -0.3 is 14.2 Å². The van der Waals surface area contributed by atoms with Crippen LogP contribution in [0.15, 0.2) is 48.7 Å². The van der Waals surface area contributed by atoms with Gasteiger partial charge in [-0.3, -0.25) is 15.1 Å². The fourth-order valence-electron chi connectivity index (χ4n) is 2.47. The van der Waals surface area contributed by atoms with Gasteiger partial charge in [0.05, 0.1) is 19.1 Å². The second-order valence-corrected chi connectivity index (χ2v) is 5.20. The Hall–Kier alpha value is -3.68. The second kappa shape index (κ2) is 7.06. The number of methoxy groups -OCH3 is 2. The van der Waals surface area contributed by atoms with Crippen molar-refractivity contribution in [1.82, 2.24) is 4.98 Å². The lowest BCUT2D eigenvalue weighted by molar-refractivity contribution is -0.385. The third kappa shape index (κ3) is 3.12. The first-order valence-electron chi connectivity index (χ1n) is 7.51. The van der Waals surface area contributed by atoms with Crippen molar-refractivity contribution < 1.29 is 23.9 Å². The lowest BCUT2D eigenvalue weighted by atomic mass is 10.1. The highest BCUT2D eigenvalue weighted by Crippen LogP contribution is 2.35. The SMILES string of the molecule is COc1ccc(OC)c(C(=O)Oc2c([N+](=O)[O-])ccc3cccnc23)c1. The van der Waals surface area contributed by atoms with E-state index >= 15 is 0 Å². The van der Waals surface area contributed by atoms with Crippen molar-refractivity contribution in [2.75, 3.05) is 14.2 Å². The number of carbonyl (C=O) groups is 1. The molecule has 0 saturated heterocycles. The Morgan fingerprint density at radius 1 is 1.12 bits per heavy atom. The van der Waals surface area contributed by atoms with Crippen molar-refractivity contribution in [3.63, 3.8) is 0 Å². The summed E-state index contributed by atoms with van der Waals surface area (Å²) in [6.45, 7) is 0. The van der Waals surface area contributed by atoms with Crippen molar-refractivity contribution >= 4 is 22.6 Å². The molecule has 0 fully saturated rings. The fourth-order valence-corrected chi connectivity index (χ4v) is 2.47. The highest BCUT2D eigenvalue weighted by Gasteiger charge is 2.24. The molecule has 0 N–H and O–H groups in total. The van der Waals surface area contributed by atoms with Gasteiger partial charge in [0, 0.05) is 17.6 Å². The molecule has 0 aliphatic rings. The molecule has 26 heavy (non-hydrogen) atoms. The van der Waals surface area contributed by atoms with Crippen LogP contribution < -0.4 is 14.2 Å². The van der Waals surface area contributed by atoms with E-state index in [9.17, 15) is 14.9 Å². The Labute approximate surface area is 148 Å². The highest BCUT2D eigenvalue weighted by atomic mass is 16.6. The van der Waals surface area contributed by atoms with E-state index in [-0.39, 0.29) is 28.3 Å². The lowest BCUT2D eigenvalue weighted by Gasteiger charge is -2.11. The summed E-state index contributed by atoms with van der Waals surface area (Å²) < 4.78 is 15.6. The molecule has 132 valence electrons. The van der Waals surface area contributed by atoms with E-state index in [0.717, 1.165) is 0 Å². The molecule has 2 aromatic carbocycles. The predicted molar refractivity (Wildman–Crippen MR) is 92.9 cm³/mol. The van der Waals surface area contributed by atoms with Gasteiger partial charge in [0.25, 0.3) is 0 Å². The minimum Gasteiger partial charge on any atom is -0.497 e. The number of aromatic nitrogens is 1. The van der Waals surface area contributed by atoms with Crippen molar-refractivity contribution in [1.29, 1.82) is 0 Å². The first-order chi connectivity index (χ1) is 12.5. The monoisotopic (exact) mass is 354 g/mol. The predicted octanol–water partition coefficient (Wildman–Crippen LogP) is 3.38. The largest absolute Gasteiger partial charge is 0.497 e. The molecular formula is C18H14N2O6. The van der Waals surface area contributed by atoms with Crippen LogP contribution >= 0.6 is 0 Å². The summed E-state index contributed by atoms with van der Waals surface area (Å²) in [7, 11) is 2.86. The molecule has 0 amide bonds. The summed E-state index contributed by atoms with van der Waals surface area (Å²) in [5, 5.41) is 12.0. The molecular weight excluding hydrogens is 340 g/mol. The van der Waals surface area contributed by atoms with E-state index in [0.29, 0.717) is 11.1 Å². The molecule has 1 aromatic heterocycles. The van der Waals surface area contributed by atoms with Gasteiger partial charge in [-0.15, -0.1) is 0 Å². The van der Waals surface area contributed by atoms with Crippen LogP contribution in [0.3, 0.4) is 0 Å². The fraction of sp³-hybridized carbons (Fsp3) is 0.111. The standard InChI is InChI=1S/C18H14N2O6/c1-24-12-6-8-15(25-2)13(10-12)18(21)26-17-14(20(22)23)7-5-11-4-3-9-19-16(11)17/h3-10H,1-2H3. The number of nitro benzene ring substituents is 1. The first kappa shape index (κ1) is 17.2. The second-order valence-electron chi connectivity index (χ2n) is 5.20. The van der Waals surface area contributed by atoms with Gasteiger partial charge in [0.1, 0.15) is 22.6 Å². The van der Waals surface area contributed by atoms with Gasteiger partial charge in [-0.2, -0.15) is 0 Å². The molecule has 0 aliphatic heterocycles. The van der Waals surface area contributed by atoms with Crippen LogP contribution in [0.2, 0.25) is 0 Å². The van der Waals surface area contributed by atoms with E-state index in [1.807, 2.05) is 0 Å². The van der Waals surface area contributed by atoms with Crippen molar-refractivity contribution in [3.05, 3.63) is 64.3 Å². The molecule has 0 bridgehead atoms. The zero-order valence-corrected chi connectivity index (χ0v) is 14.0. The molecule has 0 saturated carbocycles. The number of nitrogens with zero attached hydrogens (tertiary/aromatic N) is 2. The molecule has 0 radical (unpaired) electrons. The number of hydrogen-bond acceptors (Lipinski definition) is 7. The van der Waals surface area contributed by atoms with Gasteiger partial charge >= 0.3 is 11.7 Å². The van der Waals surface area contributed by atoms with Gasteiger partial charge in [0.15, 0.2) is 0 Å². The molecule has 8 heteroatoms. The average molecular weight is 354 g/mol. The Kier molecular flexibility index (Phi) is 4.66. The molecule has 0 atom stereocenters. The number of rotatable bonds is 5. The maximum Gasteiger partial charge on any atom is 0.347 e. The maximum absolute atomic E-state index is 12.7. The molecule has 8 nitrogen and oxygen atoms in total. The van der Waals surface area contributed by atoms with Gasteiger partial charge in [-0.05, 0) is 30.3 Å². The third-order valence-electron chi connectivity index (χ3n) is 3.73. The summed E-state index contributed by atoms with van der Waals surface area (Å²) in [6, 6.07) is 10.8. The normalized spacial score (nSPS) is 10.4. The molecule has 0 unspecified atom stereocenters. The topological polar surface area (TPSA) is 101 Å². The van der Waals surface area contributed by atoms with Crippen LogP contribution in [-0.2, 0) is 0 Å². The summed E-state index contributed by atoms with van der Waals surface area (Å²) >= 11 is 0. The quantitative estimate of drug-likeness (QED) is 0.299. The zero-order chi connectivity index (χ0) is 18.7. The minimum absolute atomic E-state index is 0.0779. The van der Waals surface area contributed by atoms with Gasteiger partial charge in [-0.25, -0.2) is 4.79 Å². The number of nitro groups is 1. The number of ether oxygens (including phenoxy) is 3. The summed E-state index contributed by atoms with van der Waals surface area (Å²) in [4.78, 5) is 27.5. The van der Waals surface area contributed by atoms with E-state index in [1.54, 1.807) is 30.3 Å². The number of esters is 1. The third-order valence-corrected chi connectivity index (χ3v) is 3.73. The number of carbonyl (C=O) groups excluding carboxylic acids is 1. The Bertz CT molecular complexity index is 1000. The van der Waals surface area contributed by atoms with Crippen LogP contribution in [0.25, 0.3) is 10.9 Å². The Morgan fingerprint density at radius 2 is 1.92 bits per heavy atom. The number of fused-ring (bicyclic) bond motifs is 1. The lowest BCUT2D eigenvalue weighted by Crippen LogP contribution is -2.12. The van der Waals surface area contributed by atoms with E-state index in [2.05, 4.69) is 4.98 Å². The molecule has 1 heterocycles. The first-order valence-corrected chi connectivity index (χ1v) is 7.51. The summed E-state index contributed by atoms with van der Waals surface area (Å²) in [6.07, 6.45) is 1.47. The molecule has 0 spiro atoms. The van der Waals surface area contributed by atoms with Gasteiger partial charge in [-0.1, -0.05) is 6.07 Å². The van der Waals surface area contributed by atoms with Crippen molar-refractivity contribution in [2.24, 2.45) is 0 Å². The minimum atomic E-state index is -0.818. The van der Waals surface area contributed by atoms with Crippen molar-refractivity contribution in [3.8, 4) is 17.2 Å². The number of pyridine rings is 1. The Balaban J connectivity index is 2.10. The zero-order valence-electron chi connectivity index (χ0n) is 14.0. The van der Waals surface area contributed by atoms with Crippen LogP contribution in [0.4, 0.5) is 5.69 Å². The van der Waals surface area contributed by atoms with E-state index in [1.165, 1.54) is 32.5 Å². The molecule has 3 rings (SSSR count). The Morgan fingerprint density at radius 3 is 2.62 bits per heavy atom. The average Bonchev–Trinajstić information content (AvgIpc) is 2.67. The van der Waals surface area contributed by atoms with Crippen LogP contribution in [0.1, 0.15) is 10.4 Å². The number of hydrogen-bond donors (Lipinski definition) is 0. The van der Waals surface area contributed by atoms with E-state index in [4.69, 9.17) is 14.2 Å². The summed E-state index contributed by atoms with van der Waals surface area (Å²) in [5.74, 6) is -0.361. The van der Waals surface area contributed by atoms with Crippen LogP contribution in [-0.4, -0.2) is 30.1 Å². The van der Waals surface area contributed by atoms with Crippen LogP contribution in [0.5, 0.6) is 17.2 Å². The van der Waals surface area contributed by atoms with Crippen LogP contribution in [0, 0.1) is 10.1 Å². The molecule has 3 aromatic rings. The van der Waals surface area contributed by atoms with Gasteiger partial charge in [0.2, 0.25) is 5.75 Å².